The lowest BCUT2D eigenvalue weighted by atomic mass is 10.1. The second-order valence-electron chi connectivity index (χ2n) is 3.99. The van der Waals surface area contributed by atoms with Crippen molar-refractivity contribution >= 4 is 10.9 Å². The number of nitrogens with one attached hydrogen (secondary N) is 1. The zero-order valence-electron chi connectivity index (χ0n) is 9.87. The van der Waals surface area contributed by atoms with Crippen molar-refractivity contribution in [2.75, 3.05) is 0 Å². The number of fused-ring (bicyclic) bond motifs is 1. The van der Waals surface area contributed by atoms with Gasteiger partial charge in [-0.1, -0.05) is 13.3 Å². The van der Waals surface area contributed by atoms with Crippen LogP contribution in [-0.2, 0) is 6.42 Å². The molecule has 0 radical (unpaired) electrons. The van der Waals surface area contributed by atoms with Gasteiger partial charge in [0.2, 0.25) is 0 Å². The molecule has 1 aromatic carbocycles. The molecule has 3 nitrogen and oxygen atoms in total. The van der Waals surface area contributed by atoms with Gasteiger partial charge in [0.05, 0.1) is 0 Å². The number of aromatic amines is 1. The fraction of sp³-hybridized carbons (Fsp3) is 0.308. The van der Waals surface area contributed by atoms with Crippen molar-refractivity contribution < 1.29 is 13.5 Å². The Hall–Kier alpha value is -1.91. The third-order valence-corrected chi connectivity index (χ3v) is 2.60. The predicted molar refractivity (Wildman–Crippen MR) is 65.2 cm³/mol. The number of halogens is 2. The molecule has 0 bridgehead atoms. The molecule has 0 atom stereocenters. The van der Waals surface area contributed by atoms with Crippen LogP contribution in [0.1, 0.15) is 19.0 Å². The van der Waals surface area contributed by atoms with E-state index in [2.05, 4.69) is 9.72 Å². The number of H-pyrrole nitrogens is 1. The molecule has 0 saturated heterocycles. The van der Waals surface area contributed by atoms with E-state index in [1.165, 1.54) is 18.2 Å². The minimum Gasteiger partial charge on any atom is -0.435 e. The van der Waals surface area contributed by atoms with Gasteiger partial charge in [-0.3, -0.25) is 4.79 Å². The van der Waals surface area contributed by atoms with Crippen molar-refractivity contribution in [1.29, 1.82) is 0 Å². The highest BCUT2D eigenvalue weighted by atomic mass is 19.3. The standard InChI is InChI=1S/C13H13F2NO2/c1-2-3-8-6-12(17)10-7-9(18-13(14)15)4-5-11(10)16-8/h4-7,13H,2-3H2,1H3,(H,16,17). The molecule has 0 spiro atoms. The molecule has 5 heteroatoms. The van der Waals surface area contributed by atoms with Gasteiger partial charge in [0.15, 0.2) is 5.43 Å². The summed E-state index contributed by atoms with van der Waals surface area (Å²) in [5.74, 6) is -0.00811. The number of hydrogen-bond acceptors (Lipinski definition) is 2. The van der Waals surface area contributed by atoms with Crippen molar-refractivity contribution in [1.82, 2.24) is 4.98 Å². The molecule has 0 fully saturated rings. The summed E-state index contributed by atoms with van der Waals surface area (Å²) in [6, 6.07) is 5.82. The topological polar surface area (TPSA) is 42.1 Å². The molecule has 0 aliphatic carbocycles. The first-order valence-electron chi connectivity index (χ1n) is 5.71. The first-order valence-corrected chi connectivity index (χ1v) is 5.71. The molecule has 0 amide bonds. The number of aryl methyl sites for hydroxylation is 1. The van der Waals surface area contributed by atoms with Gasteiger partial charge in [0, 0.05) is 22.7 Å². The largest absolute Gasteiger partial charge is 0.435 e. The van der Waals surface area contributed by atoms with Crippen LogP contribution >= 0.6 is 0 Å². The second kappa shape index (κ2) is 5.16. The van der Waals surface area contributed by atoms with E-state index < -0.39 is 6.61 Å². The molecule has 18 heavy (non-hydrogen) atoms. The Morgan fingerprint density at radius 1 is 1.33 bits per heavy atom. The van der Waals surface area contributed by atoms with E-state index in [0.29, 0.717) is 10.9 Å². The highest BCUT2D eigenvalue weighted by molar-refractivity contribution is 5.80. The molecule has 1 N–H and O–H groups in total. The van der Waals surface area contributed by atoms with Gasteiger partial charge in [0.25, 0.3) is 0 Å². The van der Waals surface area contributed by atoms with Crippen LogP contribution in [0.2, 0.25) is 0 Å². The van der Waals surface area contributed by atoms with Crippen molar-refractivity contribution in [2.24, 2.45) is 0 Å². The molecule has 0 aliphatic rings. The summed E-state index contributed by atoms with van der Waals surface area (Å²) < 4.78 is 28.4. The summed E-state index contributed by atoms with van der Waals surface area (Å²) in [6.07, 6.45) is 1.70. The number of aromatic nitrogens is 1. The Morgan fingerprint density at radius 3 is 2.78 bits per heavy atom. The molecule has 0 unspecified atom stereocenters. The quantitative estimate of drug-likeness (QED) is 0.909. The van der Waals surface area contributed by atoms with Gasteiger partial charge >= 0.3 is 6.61 Å². The van der Waals surface area contributed by atoms with Crippen molar-refractivity contribution in [2.45, 2.75) is 26.4 Å². The smallest absolute Gasteiger partial charge is 0.387 e. The number of pyridine rings is 1. The van der Waals surface area contributed by atoms with E-state index in [1.54, 1.807) is 6.07 Å². The van der Waals surface area contributed by atoms with Gasteiger partial charge in [0.1, 0.15) is 5.75 Å². The highest BCUT2D eigenvalue weighted by Crippen LogP contribution is 2.19. The zero-order chi connectivity index (χ0) is 13.1. The molecule has 0 aliphatic heterocycles. The van der Waals surface area contributed by atoms with E-state index >= 15 is 0 Å². The van der Waals surface area contributed by atoms with E-state index in [0.717, 1.165) is 18.5 Å². The second-order valence-corrected chi connectivity index (χ2v) is 3.99. The van der Waals surface area contributed by atoms with E-state index in [9.17, 15) is 13.6 Å². The monoisotopic (exact) mass is 253 g/mol. The van der Waals surface area contributed by atoms with Crippen LogP contribution in [0.3, 0.4) is 0 Å². The Morgan fingerprint density at radius 2 is 2.11 bits per heavy atom. The van der Waals surface area contributed by atoms with Crippen LogP contribution < -0.4 is 10.2 Å². The highest BCUT2D eigenvalue weighted by Gasteiger charge is 2.07. The third-order valence-electron chi connectivity index (χ3n) is 2.60. The van der Waals surface area contributed by atoms with Crippen LogP contribution in [-0.4, -0.2) is 11.6 Å². The van der Waals surface area contributed by atoms with Crippen LogP contribution in [0.25, 0.3) is 10.9 Å². The van der Waals surface area contributed by atoms with Crippen LogP contribution in [0.15, 0.2) is 29.1 Å². The number of ether oxygens (including phenoxy) is 1. The van der Waals surface area contributed by atoms with E-state index in [-0.39, 0.29) is 11.2 Å². The van der Waals surface area contributed by atoms with Crippen LogP contribution in [0.5, 0.6) is 5.75 Å². The molecule has 2 aromatic rings. The summed E-state index contributed by atoms with van der Waals surface area (Å²) >= 11 is 0. The fourth-order valence-electron chi connectivity index (χ4n) is 1.86. The van der Waals surface area contributed by atoms with Gasteiger partial charge in [-0.15, -0.1) is 0 Å². The first kappa shape index (κ1) is 12.5. The van der Waals surface area contributed by atoms with Crippen molar-refractivity contribution in [3.8, 4) is 5.75 Å². The SMILES string of the molecule is CCCc1cc(=O)c2cc(OC(F)F)ccc2[nH]1. The Kier molecular flexibility index (Phi) is 3.60. The van der Waals surface area contributed by atoms with Crippen molar-refractivity contribution in [3.63, 3.8) is 0 Å². The average molecular weight is 253 g/mol. The predicted octanol–water partition coefficient (Wildman–Crippen LogP) is 3.08. The molecule has 2 rings (SSSR count). The maximum absolute atomic E-state index is 12.1. The average Bonchev–Trinajstić information content (AvgIpc) is 2.30. The summed E-state index contributed by atoms with van der Waals surface area (Å²) in [6.45, 7) is -0.872. The maximum atomic E-state index is 12.1. The Bertz CT molecular complexity index is 607. The van der Waals surface area contributed by atoms with Gasteiger partial charge in [-0.05, 0) is 24.6 Å². The Balaban J connectivity index is 2.48. The van der Waals surface area contributed by atoms with Gasteiger partial charge in [-0.2, -0.15) is 8.78 Å². The number of alkyl halides is 2. The molecular weight excluding hydrogens is 240 g/mol. The van der Waals surface area contributed by atoms with Crippen molar-refractivity contribution in [3.05, 3.63) is 40.2 Å². The van der Waals surface area contributed by atoms with E-state index in [4.69, 9.17) is 0 Å². The van der Waals surface area contributed by atoms with E-state index in [1.807, 2.05) is 6.92 Å². The lowest BCUT2D eigenvalue weighted by Gasteiger charge is -2.07. The minimum atomic E-state index is -2.89. The van der Waals surface area contributed by atoms with Gasteiger partial charge < -0.3 is 9.72 Å². The number of benzene rings is 1. The lowest BCUT2D eigenvalue weighted by molar-refractivity contribution is -0.0497. The van der Waals surface area contributed by atoms with Crippen LogP contribution in [0, 0.1) is 0 Å². The minimum absolute atomic E-state index is 0.00811. The summed E-state index contributed by atoms with van der Waals surface area (Å²) in [5.41, 5.74) is 1.29. The molecule has 96 valence electrons. The van der Waals surface area contributed by atoms with Crippen LogP contribution in [0.4, 0.5) is 8.78 Å². The summed E-state index contributed by atoms with van der Waals surface area (Å²) in [7, 11) is 0. The number of hydrogen-bond donors (Lipinski definition) is 1. The summed E-state index contributed by atoms with van der Waals surface area (Å²) in [5, 5.41) is 0.355. The third kappa shape index (κ3) is 2.67. The molecule has 0 saturated carbocycles. The first-order chi connectivity index (χ1) is 8.60. The Labute approximate surface area is 102 Å². The molecule has 1 aromatic heterocycles. The molecule has 1 heterocycles. The number of rotatable bonds is 4. The normalized spacial score (nSPS) is 11.1. The zero-order valence-corrected chi connectivity index (χ0v) is 9.87. The fourth-order valence-corrected chi connectivity index (χ4v) is 1.86. The maximum Gasteiger partial charge on any atom is 0.387 e. The van der Waals surface area contributed by atoms with Gasteiger partial charge in [-0.25, -0.2) is 0 Å². The lowest BCUT2D eigenvalue weighted by Crippen LogP contribution is -2.07. The molecular formula is C13H13F2NO2. The summed E-state index contributed by atoms with van der Waals surface area (Å²) in [4.78, 5) is 15.0.